The van der Waals surface area contributed by atoms with Crippen molar-refractivity contribution in [2.24, 2.45) is 0 Å². The number of hydrogen-bond acceptors (Lipinski definition) is 3. The van der Waals surface area contributed by atoms with Crippen LogP contribution in [0.3, 0.4) is 0 Å². The number of nitrogens with one attached hydrogen (secondary N) is 1. The highest BCUT2D eigenvalue weighted by Gasteiger charge is 2.29. The highest BCUT2D eigenvalue weighted by atomic mass is 16.4. The van der Waals surface area contributed by atoms with E-state index in [9.17, 15) is 9.90 Å². The van der Waals surface area contributed by atoms with Crippen LogP contribution in [0.4, 0.5) is 0 Å². The van der Waals surface area contributed by atoms with Crippen molar-refractivity contribution in [3.8, 4) is 0 Å². The maximum Gasteiger partial charge on any atom is 0.336 e. The second-order valence-corrected chi connectivity index (χ2v) is 4.09. The maximum atomic E-state index is 10.7. The Labute approximate surface area is 94.9 Å². The molecule has 1 aromatic rings. The van der Waals surface area contributed by atoms with Gasteiger partial charge < -0.3 is 15.5 Å². The SMILES string of the molecule is CC(NCC(C)(O)C(=O)O)c1ccccc1. The van der Waals surface area contributed by atoms with Crippen molar-refractivity contribution in [2.45, 2.75) is 25.5 Å². The van der Waals surface area contributed by atoms with Crippen LogP contribution in [0.5, 0.6) is 0 Å². The van der Waals surface area contributed by atoms with Gasteiger partial charge in [-0.1, -0.05) is 30.3 Å². The number of hydrogen-bond donors (Lipinski definition) is 3. The van der Waals surface area contributed by atoms with E-state index in [2.05, 4.69) is 5.32 Å². The van der Waals surface area contributed by atoms with Crippen molar-refractivity contribution < 1.29 is 15.0 Å². The van der Waals surface area contributed by atoms with Gasteiger partial charge in [-0.05, 0) is 19.4 Å². The number of aliphatic carboxylic acids is 1. The molecule has 2 atom stereocenters. The zero-order valence-electron chi connectivity index (χ0n) is 9.47. The number of carboxylic acids is 1. The zero-order chi connectivity index (χ0) is 12.2. The number of rotatable bonds is 5. The lowest BCUT2D eigenvalue weighted by Gasteiger charge is -2.22. The van der Waals surface area contributed by atoms with Crippen LogP contribution in [-0.4, -0.2) is 28.3 Å². The average molecular weight is 223 g/mol. The summed E-state index contributed by atoms with van der Waals surface area (Å²) in [4.78, 5) is 10.7. The first-order valence-corrected chi connectivity index (χ1v) is 5.17. The van der Waals surface area contributed by atoms with Crippen molar-refractivity contribution in [1.82, 2.24) is 5.32 Å². The summed E-state index contributed by atoms with van der Waals surface area (Å²) in [5, 5.41) is 21.2. The summed E-state index contributed by atoms with van der Waals surface area (Å²) in [7, 11) is 0. The summed E-state index contributed by atoms with van der Waals surface area (Å²) in [6, 6.07) is 9.67. The Morgan fingerprint density at radius 1 is 1.44 bits per heavy atom. The van der Waals surface area contributed by atoms with E-state index in [-0.39, 0.29) is 12.6 Å². The third-order valence-corrected chi connectivity index (χ3v) is 2.51. The number of benzene rings is 1. The lowest BCUT2D eigenvalue weighted by molar-refractivity contribution is -0.156. The summed E-state index contributed by atoms with van der Waals surface area (Å²) in [6.45, 7) is 3.21. The molecule has 0 bridgehead atoms. The molecule has 3 N–H and O–H groups in total. The minimum atomic E-state index is -1.73. The topological polar surface area (TPSA) is 69.6 Å². The van der Waals surface area contributed by atoms with Crippen molar-refractivity contribution in [1.29, 1.82) is 0 Å². The first kappa shape index (κ1) is 12.7. The van der Waals surface area contributed by atoms with Gasteiger partial charge in [0.25, 0.3) is 0 Å². The van der Waals surface area contributed by atoms with E-state index in [4.69, 9.17) is 5.11 Å². The predicted molar refractivity (Wildman–Crippen MR) is 61.1 cm³/mol. The molecular formula is C12H17NO3. The largest absolute Gasteiger partial charge is 0.479 e. The second-order valence-electron chi connectivity index (χ2n) is 4.09. The van der Waals surface area contributed by atoms with Crippen LogP contribution in [0.25, 0.3) is 0 Å². The summed E-state index contributed by atoms with van der Waals surface area (Å²) >= 11 is 0. The standard InChI is InChI=1S/C12H17NO3/c1-9(10-6-4-3-5-7-10)13-8-12(2,16)11(14)15/h3-7,9,13,16H,8H2,1-2H3,(H,14,15). The van der Waals surface area contributed by atoms with Gasteiger partial charge in [-0.3, -0.25) is 0 Å². The van der Waals surface area contributed by atoms with E-state index in [0.29, 0.717) is 0 Å². The minimum Gasteiger partial charge on any atom is -0.479 e. The summed E-state index contributed by atoms with van der Waals surface area (Å²) < 4.78 is 0. The molecular weight excluding hydrogens is 206 g/mol. The molecule has 2 unspecified atom stereocenters. The van der Waals surface area contributed by atoms with Gasteiger partial charge in [0.2, 0.25) is 0 Å². The van der Waals surface area contributed by atoms with E-state index in [1.807, 2.05) is 37.3 Å². The van der Waals surface area contributed by atoms with Crippen molar-refractivity contribution in [3.05, 3.63) is 35.9 Å². The third-order valence-electron chi connectivity index (χ3n) is 2.51. The molecule has 0 aliphatic carbocycles. The normalized spacial score (nSPS) is 16.4. The third kappa shape index (κ3) is 3.32. The zero-order valence-corrected chi connectivity index (χ0v) is 9.47. The van der Waals surface area contributed by atoms with Gasteiger partial charge in [0.15, 0.2) is 5.60 Å². The van der Waals surface area contributed by atoms with Crippen molar-refractivity contribution in [2.75, 3.05) is 6.54 Å². The van der Waals surface area contributed by atoms with E-state index < -0.39 is 11.6 Å². The van der Waals surface area contributed by atoms with Gasteiger partial charge in [0, 0.05) is 12.6 Å². The smallest absolute Gasteiger partial charge is 0.336 e. The fraction of sp³-hybridized carbons (Fsp3) is 0.417. The molecule has 0 spiro atoms. The van der Waals surface area contributed by atoms with Gasteiger partial charge in [-0.25, -0.2) is 4.79 Å². The Morgan fingerprint density at radius 3 is 2.50 bits per heavy atom. The molecule has 0 radical (unpaired) electrons. The first-order valence-electron chi connectivity index (χ1n) is 5.17. The molecule has 0 saturated heterocycles. The van der Waals surface area contributed by atoms with Crippen LogP contribution in [0, 0.1) is 0 Å². The quantitative estimate of drug-likeness (QED) is 0.701. The lowest BCUT2D eigenvalue weighted by atomic mass is 10.1. The van der Waals surface area contributed by atoms with Crippen LogP contribution >= 0.6 is 0 Å². The number of carboxylic acid groups (broad SMARTS) is 1. The van der Waals surface area contributed by atoms with E-state index in [1.165, 1.54) is 6.92 Å². The molecule has 88 valence electrons. The molecule has 16 heavy (non-hydrogen) atoms. The monoisotopic (exact) mass is 223 g/mol. The van der Waals surface area contributed by atoms with Crippen LogP contribution in [0.2, 0.25) is 0 Å². The molecule has 1 rings (SSSR count). The Bertz CT molecular complexity index is 349. The average Bonchev–Trinajstić information content (AvgIpc) is 2.27. The van der Waals surface area contributed by atoms with Crippen LogP contribution in [0.1, 0.15) is 25.5 Å². The lowest BCUT2D eigenvalue weighted by Crippen LogP contribution is -2.45. The molecule has 0 aromatic heterocycles. The maximum absolute atomic E-state index is 10.7. The van der Waals surface area contributed by atoms with Gasteiger partial charge in [-0.15, -0.1) is 0 Å². The molecule has 0 aliphatic rings. The highest BCUT2D eigenvalue weighted by Crippen LogP contribution is 2.12. The first-order chi connectivity index (χ1) is 7.43. The number of aliphatic hydroxyl groups is 1. The number of carbonyl (C=O) groups is 1. The fourth-order valence-electron chi connectivity index (χ4n) is 1.29. The van der Waals surface area contributed by atoms with Crippen molar-refractivity contribution >= 4 is 5.97 Å². The molecule has 0 aliphatic heterocycles. The van der Waals surface area contributed by atoms with E-state index >= 15 is 0 Å². The van der Waals surface area contributed by atoms with Crippen LogP contribution < -0.4 is 5.32 Å². The van der Waals surface area contributed by atoms with Gasteiger partial charge in [-0.2, -0.15) is 0 Å². The summed E-state index contributed by atoms with van der Waals surface area (Å²) in [6.07, 6.45) is 0. The molecule has 0 fully saturated rings. The van der Waals surface area contributed by atoms with Gasteiger partial charge in [0.05, 0.1) is 0 Å². The minimum absolute atomic E-state index is 0.00650. The van der Waals surface area contributed by atoms with Gasteiger partial charge in [0.1, 0.15) is 0 Å². The molecule has 4 heteroatoms. The van der Waals surface area contributed by atoms with Gasteiger partial charge >= 0.3 is 5.97 Å². The Kier molecular flexibility index (Phi) is 4.04. The Morgan fingerprint density at radius 2 is 2.00 bits per heavy atom. The van der Waals surface area contributed by atoms with E-state index in [1.54, 1.807) is 0 Å². The molecule has 0 heterocycles. The predicted octanol–water partition coefficient (Wildman–Crippen LogP) is 1.17. The molecule has 4 nitrogen and oxygen atoms in total. The molecule has 1 aromatic carbocycles. The van der Waals surface area contributed by atoms with Crippen molar-refractivity contribution in [3.63, 3.8) is 0 Å². The van der Waals surface area contributed by atoms with Crippen LogP contribution in [0.15, 0.2) is 30.3 Å². The molecule has 0 amide bonds. The Hall–Kier alpha value is -1.39. The Balaban J connectivity index is 2.54. The second kappa shape index (κ2) is 5.09. The fourth-order valence-corrected chi connectivity index (χ4v) is 1.29. The van der Waals surface area contributed by atoms with Crippen LogP contribution in [-0.2, 0) is 4.79 Å². The molecule has 0 saturated carbocycles. The highest BCUT2D eigenvalue weighted by molar-refractivity contribution is 5.76. The summed E-state index contributed by atoms with van der Waals surface area (Å²) in [5.41, 5.74) is -0.674. The van der Waals surface area contributed by atoms with E-state index in [0.717, 1.165) is 5.56 Å². The summed E-state index contributed by atoms with van der Waals surface area (Å²) in [5.74, 6) is -1.22.